The normalized spacial score (nSPS) is 10.2. The van der Waals surface area contributed by atoms with Gasteiger partial charge in [0.1, 0.15) is 5.75 Å². The molecule has 2 rings (SSSR count). The number of hydrogen-bond donors (Lipinski definition) is 1. The van der Waals surface area contributed by atoms with Crippen molar-refractivity contribution < 1.29 is 14.4 Å². The molecule has 0 saturated heterocycles. The SMILES string of the molecule is C.COc1cnccc1-c1ccc([N+](=O)[O-])c(N)c1OCC(C)C. The largest absolute Gasteiger partial charge is 0.494 e. The summed E-state index contributed by atoms with van der Waals surface area (Å²) in [5.41, 5.74) is 7.15. The summed E-state index contributed by atoms with van der Waals surface area (Å²) in [4.78, 5) is 14.6. The lowest BCUT2D eigenvalue weighted by Crippen LogP contribution is -2.08. The van der Waals surface area contributed by atoms with Crippen molar-refractivity contribution in [2.75, 3.05) is 19.5 Å². The van der Waals surface area contributed by atoms with E-state index in [0.717, 1.165) is 0 Å². The van der Waals surface area contributed by atoms with Gasteiger partial charge in [0.25, 0.3) is 5.69 Å². The Balaban J connectivity index is 0.00000288. The number of pyridine rings is 1. The van der Waals surface area contributed by atoms with Crippen LogP contribution in [0.1, 0.15) is 21.3 Å². The maximum absolute atomic E-state index is 11.1. The second-order valence-electron chi connectivity index (χ2n) is 5.41. The van der Waals surface area contributed by atoms with E-state index in [1.807, 2.05) is 13.8 Å². The molecule has 0 saturated carbocycles. The van der Waals surface area contributed by atoms with Crippen LogP contribution in [0.25, 0.3) is 11.1 Å². The zero-order chi connectivity index (χ0) is 17.0. The fourth-order valence-electron chi connectivity index (χ4n) is 2.13. The van der Waals surface area contributed by atoms with Crippen molar-refractivity contribution in [2.45, 2.75) is 21.3 Å². The van der Waals surface area contributed by atoms with Crippen molar-refractivity contribution in [3.05, 3.63) is 40.7 Å². The van der Waals surface area contributed by atoms with E-state index in [1.54, 1.807) is 24.5 Å². The molecule has 0 aliphatic carbocycles. The fourth-order valence-corrected chi connectivity index (χ4v) is 2.13. The summed E-state index contributed by atoms with van der Waals surface area (Å²) < 4.78 is 11.1. The number of nitrogen functional groups attached to an aromatic ring is 1. The zero-order valence-corrected chi connectivity index (χ0v) is 13.3. The van der Waals surface area contributed by atoms with E-state index in [4.69, 9.17) is 15.2 Å². The van der Waals surface area contributed by atoms with Gasteiger partial charge in [0.05, 0.1) is 24.8 Å². The number of nitrogens with two attached hydrogens (primary N) is 1. The van der Waals surface area contributed by atoms with Crippen molar-refractivity contribution in [3.8, 4) is 22.6 Å². The molecule has 24 heavy (non-hydrogen) atoms. The molecule has 0 radical (unpaired) electrons. The molecule has 0 bridgehead atoms. The second-order valence-corrected chi connectivity index (χ2v) is 5.41. The van der Waals surface area contributed by atoms with Gasteiger partial charge in [-0.15, -0.1) is 0 Å². The van der Waals surface area contributed by atoms with Crippen molar-refractivity contribution >= 4 is 11.4 Å². The number of anilines is 1. The standard InChI is InChI=1S/C16H19N3O4.CH4/c1-10(2)9-23-16-12(4-5-13(15(16)17)19(20)21)11-6-7-18-8-14(11)22-3;/h4-8,10H,9,17H2,1-3H3;1H4. The van der Waals surface area contributed by atoms with Gasteiger partial charge in [0, 0.05) is 23.4 Å². The number of ether oxygens (including phenoxy) is 2. The number of rotatable bonds is 6. The first-order valence-corrected chi connectivity index (χ1v) is 7.13. The Morgan fingerprint density at radius 3 is 2.58 bits per heavy atom. The summed E-state index contributed by atoms with van der Waals surface area (Å²) in [6.45, 7) is 4.37. The lowest BCUT2D eigenvalue weighted by Gasteiger charge is -2.17. The van der Waals surface area contributed by atoms with E-state index >= 15 is 0 Å². The van der Waals surface area contributed by atoms with Gasteiger partial charge >= 0.3 is 0 Å². The van der Waals surface area contributed by atoms with Crippen LogP contribution in [0.3, 0.4) is 0 Å². The molecule has 0 amide bonds. The number of aromatic nitrogens is 1. The molecule has 1 heterocycles. The molecular formula is C17H23N3O4. The number of methoxy groups -OCH3 is 1. The maximum Gasteiger partial charge on any atom is 0.295 e. The molecule has 0 aliphatic heterocycles. The van der Waals surface area contributed by atoms with E-state index in [2.05, 4.69) is 4.98 Å². The quantitative estimate of drug-likeness (QED) is 0.488. The first-order chi connectivity index (χ1) is 11.0. The Morgan fingerprint density at radius 1 is 1.29 bits per heavy atom. The van der Waals surface area contributed by atoms with Crippen LogP contribution >= 0.6 is 0 Å². The highest BCUT2D eigenvalue weighted by Crippen LogP contribution is 2.43. The van der Waals surface area contributed by atoms with Gasteiger partial charge in [0.15, 0.2) is 11.4 Å². The van der Waals surface area contributed by atoms with Crippen molar-refractivity contribution in [3.63, 3.8) is 0 Å². The molecule has 130 valence electrons. The predicted octanol–water partition coefficient (Wildman–Crippen LogP) is 3.92. The van der Waals surface area contributed by atoms with E-state index in [0.29, 0.717) is 23.5 Å². The molecular weight excluding hydrogens is 310 g/mol. The monoisotopic (exact) mass is 333 g/mol. The number of nitrogens with zero attached hydrogens (tertiary/aromatic N) is 2. The lowest BCUT2D eigenvalue weighted by molar-refractivity contribution is -0.383. The summed E-state index contributed by atoms with van der Waals surface area (Å²) in [5, 5.41) is 11.1. The Morgan fingerprint density at radius 2 is 2.00 bits per heavy atom. The summed E-state index contributed by atoms with van der Waals surface area (Å²) >= 11 is 0. The van der Waals surface area contributed by atoms with Crippen LogP contribution in [-0.4, -0.2) is 23.6 Å². The molecule has 0 atom stereocenters. The third kappa shape index (κ3) is 3.92. The van der Waals surface area contributed by atoms with E-state index < -0.39 is 4.92 Å². The minimum Gasteiger partial charge on any atom is -0.494 e. The van der Waals surface area contributed by atoms with E-state index in [-0.39, 0.29) is 30.5 Å². The zero-order valence-electron chi connectivity index (χ0n) is 13.3. The lowest BCUT2D eigenvalue weighted by atomic mass is 10.0. The van der Waals surface area contributed by atoms with Crippen LogP contribution in [-0.2, 0) is 0 Å². The van der Waals surface area contributed by atoms with Gasteiger partial charge < -0.3 is 15.2 Å². The molecule has 0 unspecified atom stereocenters. The maximum atomic E-state index is 11.1. The number of nitro benzene ring substituents is 1. The molecule has 0 fully saturated rings. The van der Waals surface area contributed by atoms with Gasteiger partial charge in [-0.05, 0) is 18.1 Å². The third-order valence-corrected chi connectivity index (χ3v) is 3.23. The highest BCUT2D eigenvalue weighted by molar-refractivity contribution is 5.84. The van der Waals surface area contributed by atoms with E-state index in [1.165, 1.54) is 13.2 Å². The number of benzene rings is 1. The predicted molar refractivity (Wildman–Crippen MR) is 94.4 cm³/mol. The van der Waals surface area contributed by atoms with Crippen molar-refractivity contribution in [1.82, 2.24) is 4.98 Å². The Kier molecular flexibility index (Phi) is 6.52. The summed E-state index contributed by atoms with van der Waals surface area (Å²) in [6.07, 6.45) is 3.18. The molecule has 0 spiro atoms. The topological polar surface area (TPSA) is 101 Å². The molecule has 2 aromatic rings. The summed E-state index contributed by atoms with van der Waals surface area (Å²) in [7, 11) is 1.53. The number of nitro groups is 1. The molecule has 1 aromatic heterocycles. The van der Waals surface area contributed by atoms with Crippen molar-refractivity contribution in [2.24, 2.45) is 5.92 Å². The Labute approximate surface area is 141 Å². The minimum atomic E-state index is -0.523. The van der Waals surface area contributed by atoms with Gasteiger partial charge in [-0.3, -0.25) is 15.1 Å². The smallest absolute Gasteiger partial charge is 0.295 e. The van der Waals surface area contributed by atoms with Crippen molar-refractivity contribution in [1.29, 1.82) is 0 Å². The first-order valence-electron chi connectivity index (χ1n) is 7.13. The van der Waals surface area contributed by atoms with Gasteiger partial charge in [-0.25, -0.2) is 0 Å². The minimum absolute atomic E-state index is 0. The molecule has 0 aliphatic rings. The van der Waals surface area contributed by atoms with Crippen LogP contribution in [0.15, 0.2) is 30.6 Å². The van der Waals surface area contributed by atoms with Gasteiger partial charge in [-0.1, -0.05) is 21.3 Å². The van der Waals surface area contributed by atoms with Gasteiger partial charge in [-0.2, -0.15) is 0 Å². The highest BCUT2D eigenvalue weighted by atomic mass is 16.6. The first kappa shape index (κ1) is 19.2. The molecule has 1 aromatic carbocycles. The van der Waals surface area contributed by atoms with Gasteiger partial charge in [0.2, 0.25) is 0 Å². The second kappa shape index (κ2) is 8.14. The molecule has 7 heteroatoms. The van der Waals surface area contributed by atoms with Crippen LogP contribution < -0.4 is 15.2 Å². The molecule has 7 nitrogen and oxygen atoms in total. The van der Waals surface area contributed by atoms with Crippen LogP contribution in [0.5, 0.6) is 11.5 Å². The third-order valence-electron chi connectivity index (χ3n) is 3.23. The fraction of sp³-hybridized carbons (Fsp3) is 0.353. The Hall–Kier alpha value is -2.83. The Bertz CT molecular complexity index is 717. The van der Waals surface area contributed by atoms with Crippen LogP contribution in [0, 0.1) is 16.0 Å². The van der Waals surface area contributed by atoms with Crippen LogP contribution in [0.2, 0.25) is 0 Å². The van der Waals surface area contributed by atoms with Crippen LogP contribution in [0.4, 0.5) is 11.4 Å². The average Bonchev–Trinajstić information content (AvgIpc) is 2.52. The summed E-state index contributed by atoms with van der Waals surface area (Å²) in [6, 6.07) is 4.73. The average molecular weight is 333 g/mol. The highest BCUT2D eigenvalue weighted by Gasteiger charge is 2.22. The van der Waals surface area contributed by atoms with E-state index in [9.17, 15) is 10.1 Å². The summed E-state index contributed by atoms with van der Waals surface area (Å²) in [5.74, 6) is 1.08. The molecule has 2 N–H and O–H groups in total. The number of hydrogen-bond acceptors (Lipinski definition) is 6.